The fourth-order valence-electron chi connectivity index (χ4n) is 0.390. The molecule has 0 aliphatic rings. The Labute approximate surface area is 49.8 Å². The van der Waals surface area contributed by atoms with Gasteiger partial charge in [0.15, 0.2) is 6.29 Å². The first-order valence-corrected chi connectivity index (χ1v) is 2.69. The molecule has 0 aromatic carbocycles. The molecule has 0 heterocycles. The first-order valence-electron chi connectivity index (χ1n) is 2.69. The summed E-state index contributed by atoms with van der Waals surface area (Å²) in [5.74, 6) is 0. The van der Waals surface area contributed by atoms with Gasteiger partial charge < -0.3 is 4.74 Å². The van der Waals surface area contributed by atoms with E-state index in [0.717, 1.165) is 0 Å². The van der Waals surface area contributed by atoms with Crippen molar-refractivity contribution in [3.8, 4) is 0 Å². The summed E-state index contributed by atoms with van der Waals surface area (Å²) in [4.78, 5) is 0. The highest BCUT2D eigenvalue weighted by Crippen LogP contribution is 1.93. The van der Waals surface area contributed by atoms with Gasteiger partial charge in [-0.3, -0.25) is 0 Å². The van der Waals surface area contributed by atoms with Gasteiger partial charge in [0.05, 0.1) is 0 Å². The highest BCUT2D eigenvalue weighted by atomic mass is 16.6. The van der Waals surface area contributed by atoms with Gasteiger partial charge in [0.25, 0.3) is 0 Å². The molecule has 0 spiro atoms. The van der Waals surface area contributed by atoms with Gasteiger partial charge in [-0.2, -0.15) is 0 Å². The number of hydrogen-bond acceptors (Lipinski definition) is 1. The van der Waals surface area contributed by atoms with Crippen molar-refractivity contribution in [1.29, 1.82) is 0 Å². The summed E-state index contributed by atoms with van der Waals surface area (Å²) in [6.07, 6.45) is 1.05. The van der Waals surface area contributed by atoms with Crippen LogP contribution in [0.3, 0.4) is 0 Å². The van der Waals surface area contributed by atoms with Crippen LogP contribution in [0.2, 0.25) is 0 Å². The predicted octanol–water partition coefficient (Wildman–Crippen LogP) is 1.36. The Balaban J connectivity index is 3.03. The van der Waals surface area contributed by atoms with Crippen LogP contribution in [0.5, 0.6) is 0 Å². The molecule has 1 atom stereocenters. The van der Waals surface area contributed by atoms with Crippen molar-refractivity contribution in [3.63, 3.8) is 0 Å². The van der Waals surface area contributed by atoms with Crippen LogP contribution in [0, 0.1) is 0 Å². The molecular formula is C6H11O2. The smallest absolute Gasteiger partial charge is 0.194 e. The minimum atomic E-state index is -0.905. The second-order valence-corrected chi connectivity index (χ2v) is 1.41. The van der Waals surface area contributed by atoms with Gasteiger partial charge in [0.2, 0.25) is 0 Å². The molecule has 0 aliphatic carbocycles. The van der Waals surface area contributed by atoms with Crippen molar-refractivity contribution in [2.75, 3.05) is 6.61 Å². The van der Waals surface area contributed by atoms with Gasteiger partial charge in [-0.05, 0) is 6.92 Å². The Hall–Kier alpha value is -0.340. The molecule has 0 aromatic heterocycles. The van der Waals surface area contributed by atoms with Crippen molar-refractivity contribution in [1.82, 2.24) is 0 Å². The second kappa shape index (κ2) is 4.81. The summed E-state index contributed by atoms with van der Waals surface area (Å²) in [5.41, 5.74) is 0. The summed E-state index contributed by atoms with van der Waals surface area (Å²) >= 11 is 0. The molecule has 0 fully saturated rings. The molecule has 47 valence electrons. The minimum absolute atomic E-state index is 0.397. The maximum absolute atomic E-state index is 10.4. The van der Waals surface area contributed by atoms with Crippen molar-refractivity contribution >= 4 is 0 Å². The zero-order valence-corrected chi connectivity index (χ0v) is 5.09. The molecule has 2 nitrogen and oxygen atoms in total. The molecule has 1 unspecified atom stereocenters. The Morgan fingerprint density at radius 2 is 2.50 bits per heavy atom. The summed E-state index contributed by atoms with van der Waals surface area (Å²) in [6, 6.07) is 0. The Kier molecular flexibility index (Phi) is 4.61. The monoisotopic (exact) mass is 115 g/mol. The molecule has 0 saturated carbocycles. The molecule has 0 aromatic rings. The van der Waals surface area contributed by atoms with Crippen molar-refractivity contribution in [3.05, 3.63) is 12.7 Å². The van der Waals surface area contributed by atoms with Crippen LogP contribution in [0.15, 0.2) is 12.7 Å². The van der Waals surface area contributed by atoms with Gasteiger partial charge in [-0.1, -0.05) is 6.08 Å². The lowest BCUT2D eigenvalue weighted by Crippen LogP contribution is -2.07. The van der Waals surface area contributed by atoms with Crippen molar-refractivity contribution in [2.45, 2.75) is 19.6 Å². The maximum Gasteiger partial charge on any atom is 0.194 e. The van der Waals surface area contributed by atoms with E-state index in [-0.39, 0.29) is 0 Å². The highest BCUT2D eigenvalue weighted by molar-refractivity contribution is 4.66. The van der Waals surface area contributed by atoms with Crippen LogP contribution in [0.1, 0.15) is 13.3 Å². The van der Waals surface area contributed by atoms with E-state index < -0.39 is 6.29 Å². The largest absolute Gasteiger partial charge is 0.350 e. The zero-order chi connectivity index (χ0) is 6.41. The van der Waals surface area contributed by atoms with Gasteiger partial charge in [0.1, 0.15) is 0 Å². The standard InChI is InChI=1S/C6H11O2/c1-3-5-6(7)8-4-2/h3,6H,1,4-5H2,2H3. The average Bonchev–Trinajstić information content (AvgIpc) is 1.68. The van der Waals surface area contributed by atoms with Gasteiger partial charge in [0, 0.05) is 13.0 Å². The normalized spacial score (nSPS) is 13.2. The lowest BCUT2D eigenvalue weighted by atomic mass is 10.4. The molecule has 0 aliphatic heterocycles. The van der Waals surface area contributed by atoms with Crippen molar-refractivity contribution < 1.29 is 9.84 Å². The Bertz CT molecular complexity index is 61.5. The van der Waals surface area contributed by atoms with E-state index in [4.69, 9.17) is 0 Å². The third-order valence-electron chi connectivity index (χ3n) is 0.712. The first kappa shape index (κ1) is 7.66. The maximum atomic E-state index is 10.4. The highest BCUT2D eigenvalue weighted by Gasteiger charge is 1.98. The molecule has 0 rings (SSSR count). The first-order chi connectivity index (χ1) is 3.81. The molecular weight excluding hydrogens is 104 g/mol. The van der Waals surface area contributed by atoms with E-state index in [1.807, 2.05) is 0 Å². The zero-order valence-electron chi connectivity index (χ0n) is 5.09. The van der Waals surface area contributed by atoms with Crippen LogP contribution in [-0.4, -0.2) is 12.9 Å². The lowest BCUT2D eigenvalue weighted by molar-refractivity contribution is -0.132. The number of ether oxygens (including phenoxy) is 1. The molecule has 0 N–H and O–H groups in total. The number of rotatable bonds is 4. The van der Waals surface area contributed by atoms with Gasteiger partial charge in [-0.25, -0.2) is 5.11 Å². The van der Waals surface area contributed by atoms with E-state index >= 15 is 0 Å². The number of hydrogen-bond donors (Lipinski definition) is 0. The van der Waals surface area contributed by atoms with Crippen LogP contribution < -0.4 is 0 Å². The third kappa shape index (κ3) is 3.84. The summed E-state index contributed by atoms with van der Waals surface area (Å²) in [6.45, 7) is 5.69. The SMILES string of the molecule is C=CCC([O])OCC. The lowest BCUT2D eigenvalue weighted by Gasteiger charge is -2.02. The van der Waals surface area contributed by atoms with E-state index in [2.05, 4.69) is 11.3 Å². The summed E-state index contributed by atoms with van der Waals surface area (Å²) < 4.78 is 4.66. The van der Waals surface area contributed by atoms with Crippen LogP contribution in [0.4, 0.5) is 0 Å². The van der Waals surface area contributed by atoms with Crippen LogP contribution in [-0.2, 0) is 9.84 Å². The fraction of sp³-hybridized carbons (Fsp3) is 0.667. The van der Waals surface area contributed by atoms with E-state index in [0.29, 0.717) is 13.0 Å². The Morgan fingerprint density at radius 1 is 1.88 bits per heavy atom. The fourth-order valence-corrected chi connectivity index (χ4v) is 0.390. The topological polar surface area (TPSA) is 29.1 Å². The molecule has 0 saturated heterocycles. The van der Waals surface area contributed by atoms with Crippen LogP contribution >= 0.6 is 0 Å². The van der Waals surface area contributed by atoms with E-state index in [1.165, 1.54) is 0 Å². The third-order valence-corrected chi connectivity index (χ3v) is 0.712. The molecule has 1 radical (unpaired) electrons. The molecule has 0 amide bonds. The predicted molar refractivity (Wildman–Crippen MR) is 30.9 cm³/mol. The molecule has 0 bridgehead atoms. The average molecular weight is 115 g/mol. The second-order valence-electron chi connectivity index (χ2n) is 1.41. The Morgan fingerprint density at radius 3 is 2.88 bits per heavy atom. The quantitative estimate of drug-likeness (QED) is 0.401. The summed E-state index contributed by atoms with van der Waals surface area (Å²) in [7, 11) is 0. The van der Waals surface area contributed by atoms with E-state index in [9.17, 15) is 5.11 Å². The summed E-state index contributed by atoms with van der Waals surface area (Å²) in [5, 5.41) is 10.4. The van der Waals surface area contributed by atoms with Gasteiger partial charge >= 0.3 is 0 Å². The van der Waals surface area contributed by atoms with Crippen molar-refractivity contribution in [2.24, 2.45) is 0 Å². The van der Waals surface area contributed by atoms with Crippen LogP contribution in [0.25, 0.3) is 0 Å². The molecule has 8 heavy (non-hydrogen) atoms. The minimum Gasteiger partial charge on any atom is -0.350 e. The van der Waals surface area contributed by atoms with Gasteiger partial charge in [-0.15, -0.1) is 6.58 Å². The van der Waals surface area contributed by atoms with E-state index in [1.54, 1.807) is 13.0 Å². The molecule has 2 heteroatoms.